The second kappa shape index (κ2) is 8.05. The maximum absolute atomic E-state index is 6.41. The number of anilines is 1. The fourth-order valence-corrected chi connectivity index (χ4v) is 5.15. The number of nitrogens with zero attached hydrogens (tertiary/aromatic N) is 5. The van der Waals surface area contributed by atoms with Crippen molar-refractivity contribution in [1.82, 2.24) is 24.4 Å². The van der Waals surface area contributed by atoms with Gasteiger partial charge >= 0.3 is 0 Å². The Kier molecular flexibility index (Phi) is 5.03. The predicted octanol–water partition coefficient (Wildman–Crippen LogP) is 3.29. The second-order valence-corrected chi connectivity index (χ2v) is 9.75. The van der Waals surface area contributed by atoms with Crippen LogP contribution in [-0.2, 0) is 0 Å². The van der Waals surface area contributed by atoms with Gasteiger partial charge in [-0.25, -0.2) is 9.50 Å². The average molecular weight is 433 g/mol. The molecule has 6 rings (SSSR count). The summed E-state index contributed by atoms with van der Waals surface area (Å²) in [6.45, 7) is 10.5. The van der Waals surface area contributed by atoms with E-state index < -0.39 is 0 Å². The van der Waals surface area contributed by atoms with Gasteiger partial charge in [-0.2, -0.15) is 5.10 Å². The van der Waals surface area contributed by atoms with E-state index >= 15 is 0 Å². The number of hydrogen-bond acceptors (Lipinski definition) is 6. The molecule has 0 amide bonds. The molecule has 1 N–H and O–H groups in total. The van der Waals surface area contributed by atoms with Gasteiger partial charge in [-0.3, -0.25) is 9.80 Å². The number of fused-ring (bicyclic) bond motifs is 5. The van der Waals surface area contributed by atoms with E-state index in [0.29, 0.717) is 18.7 Å². The van der Waals surface area contributed by atoms with Crippen molar-refractivity contribution in [2.45, 2.75) is 38.8 Å². The highest BCUT2D eigenvalue weighted by Crippen LogP contribution is 2.33. The molecule has 7 nitrogen and oxygen atoms in total. The molecule has 1 saturated carbocycles. The number of rotatable bonds is 2. The van der Waals surface area contributed by atoms with Gasteiger partial charge in [0.25, 0.3) is 0 Å². The first-order valence-corrected chi connectivity index (χ1v) is 11.9. The molecule has 4 bridgehead atoms. The minimum atomic E-state index is 0.390. The molecule has 32 heavy (non-hydrogen) atoms. The van der Waals surface area contributed by atoms with Crippen molar-refractivity contribution in [3.05, 3.63) is 42.2 Å². The molecule has 0 spiro atoms. The van der Waals surface area contributed by atoms with E-state index in [1.165, 1.54) is 24.9 Å². The Morgan fingerprint density at radius 1 is 1.16 bits per heavy atom. The van der Waals surface area contributed by atoms with E-state index in [9.17, 15) is 0 Å². The topological polar surface area (TPSA) is 57.9 Å². The molecule has 3 aliphatic rings. The second-order valence-electron chi connectivity index (χ2n) is 9.75. The molecule has 0 radical (unpaired) electrons. The SMILES string of the molecule is Cc1ccc2cc1-c1cnn3ccc(nc13)NCCN1C[C@@H](C)N(CC3CC3)C[C@H]1CO2. The number of aromatic nitrogens is 3. The first-order valence-electron chi connectivity index (χ1n) is 11.9. The maximum atomic E-state index is 6.41. The van der Waals surface area contributed by atoms with Gasteiger partial charge in [0.2, 0.25) is 0 Å². The number of ether oxygens (including phenoxy) is 1. The summed E-state index contributed by atoms with van der Waals surface area (Å²) in [5, 5.41) is 8.07. The molecule has 7 heteroatoms. The van der Waals surface area contributed by atoms with Gasteiger partial charge in [0.1, 0.15) is 18.2 Å². The van der Waals surface area contributed by atoms with Crippen molar-refractivity contribution >= 4 is 11.5 Å². The third-order valence-electron chi connectivity index (χ3n) is 7.29. The van der Waals surface area contributed by atoms with Crippen LogP contribution < -0.4 is 10.1 Å². The van der Waals surface area contributed by atoms with E-state index in [1.807, 2.05) is 23.0 Å². The van der Waals surface area contributed by atoms with Crippen LogP contribution in [0.3, 0.4) is 0 Å². The van der Waals surface area contributed by atoms with Crippen molar-refractivity contribution < 1.29 is 4.74 Å². The highest BCUT2D eigenvalue weighted by Gasteiger charge is 2.35. The Morgan fingerprint density at radius 2 is 2.06 bits per heavy atom. The first-order chi connectivity index (χ1) is 15.6. The fourth-order valence-electron chi connectivity index (χ4n) is 5.15. The number of benzene rings is 1. The zero-order chi connectivity index (χ0) is 21.7. The minimum Gasteiger partial charge on any atom is -0.492 e. The van der Waals surface area contributed by atoms with Gasteiger partial charge in [0, 0.05) is 50.5 Å². The van der Waals surface area contributed by atoms with Gasteiger partial charge < -0.3 is 10.1 Å². The third-order valence-corrected chi connectivity index (χ3v) is 7.29. The maximum Gasteiger partial charge on any atom is 0.165 e. The van der Waals surface area contributed by atoms with Crippen LogP contribution in [0.5, 0.6) is 5.75 Å². The molecule has 1 aromatic carbocycles. The number of piperazine rings is 1. The Bertz CT molecular complexity index is 1120. The van der Waals surface area contributed by atoms with Crippen LogP contribution >= 0.6 is 0 Å². The number of nitrogens with one attached hydrogen (secondary N) is 1. The van der Waals surface area contributed by atoms with E-state index in [0.717, 1.165) is 60.4 Å². The minimum absolute atomic E-state index is 0.390. The molecular formula is C25H32N6O. The normalized spacial score (nSPS) is 24.6. The molecule has 0 unspecified atom stereocenters. The van der Waals surface area contributed by atoms with Crippen LogP contribution in [0.2, 0.25) is 0 Å². The summed E-state index contributed by atoms with van der Waals surface area (Å²) in [4.78, 5) is 10.2. The average Bonchev–Trinajstić information content (AvgIpc) is 3.51. The van der Waals surface area contributed by atoms with Crippen LogP contribution in [0.1, 0.15) is 25.3 Å². The molecule has 4 heterocycles. The van der Waals surface area contributed by atoms with E-state index in [-0.39, 0.29) is 0 Å². The van der Waals surface area contributed by atoms with E-state index in [2.05, 4.69) is 52.3 Å². The highest BCUT2D eigenvalue weighted by atomic mass is 16.5. The van der Waals surface area contributed by atoms with Crippen molar-refractivity contribution in [2.24, 2.45) is 5.92 Å². The highest BCUT2D eigenvalue weighted by molar-refractivity contribution is 5.80. The lowest BCUT2D eigenvalue weighted by Gasteiger charge is -2.45. The molecule has 3 aromatic rings. The van der Waals surface area contributed by atoms with Crippen molar-refractivity contribution in [2.75, 3.05) is 44.6 Å². The molecule has 168 valence electrons. The van der Waals surface area contributed by atoms with Crippen LogP contribution in [0.25, 0.3) is 16.8 Å². The predicted molar refractivity (Wildman–Crippen MR) is 126 cm³/mol. The molecule has 2 fully saturated rings. The number of aryl methyl sites for hydroxylation is 1. The van der Waals surface area contributed by atoms with Gasteiger partial charge in [-0.15, -0.1) is 0 Å². The van der Waals surface area contributed by atoms with Gasteiger partial charge in [0.05, 0.1) is 12.2 Å². The zero-order valence-corrected chi connectivity index (χ0v) is 19.0. The van der Waals surface area contributed by atoms with Gasteiger partial charge in [0.15, 0.2) is 5.65 Å². The quantitative estimate of drug-likeness (QED) is 0.671. The Labute approximate surface area is 189 Å². The van der Waals surface area contributed by atoms with E-state index in [1.54, 1.807) is 0 Å². The molecule has 1 aliphatic carbocycles. The summed E-state index contributed by atoms with van der Waals surface area (Å²) in [6, 6.07) is 9.37. The van der Waals surface area contributed by atoms with Gasteiger partial charge in [-0.1, -0.05) is 6.07 Å². The Balaban J connectivity index is 1.34. The zero-order valence-electron chi connectivity index (χ0n) is 19.0. The molecule has 2 aliphatic heterocycles. The standard InChI is InChI=1S/C25H32N6O/c1-17-3-6-21-11-22(17)23-12-27-31-9-7-24(28-25(23)31)26-8-10-29-13-18(2)30(14-19-4-5-19)15-20(29)16-32-21/h3,6-7,9,11-12,18-20H,4-5,8,10,13-16H2,1-2H3,(H,26,28)/t18-,20+/m1/s1. The summed E-state index contributed by atoms with van der Waals surface area (Å²) < 4.78 is 8.25. The summed E-state index contributed by atoms with van der Waals surface area (Å²) in [5.41, 5.74) is 4.23. The van der Waals surface area contributed by atoms with Crippen LogP contribution in [0.15, 0.2) is 36.7 Å². The van der Waals surface area contributed by atoms with Crippen LogP contribution in [-0.4, -0.2) is 75.8 Å². The molecule has 2 atom stereocenters. The largest absolute Gasteiger partial charge is 0.492 e. The Morgan fingerprint density at radius 3 is 2.94 bits per heavy atom. The summed E-state index contributed by atoms with van der Waals surface area (Å²) >= 11 is 0. The third kappa shape index (κ3) is 3.84. The molecule has 1 saturated heterocycles. The molecule has 2 aromatic heterocycles. The van der Waals surface area contributed by atoms with Crippen LogP contribution in [0.4, 0.5) is 5.82 Å². The van der Waals surface area contributed by atoms with Crippen molar-refractivity contribution in [3.63, 3.8) is 0 Å². The van der Waals surface area contributed by atoms with Crippen molar-refractivity contribution in [3.8, 4) is 16.9 Å². The monoisotopic (exact) mass is 432 g/mol. The van der Waals surface area contributed by atoms with Crippen molar-refractivity contribution in [1.29, 1.82) is 0 Å². The smallest absolute Gasteiger partial charge is 0.165 e. The van der Waals surface area contributed by atoms with E-state index in [4.69, 9.17) is 9.72 Å². The lowest BCUT2D eigenvalue weighted by atomic mass is 10.0. The molecular weight excluding hydrogens is 400 g/mol. The van der Waals surface area contributed by atoms with Gasteiger partial charge in [-0.05, 0) is 61.9 Å². The fraction of sp³-hybridized carbons (Fsp3) is 0.520. The number of hydrogen-bond donors (Lipinski definition) is 1. The van der Waals surface area contributed by atoms with Crippen LogP contribution in [0, 0.1) is 12.8 Å². The lowest BCUT2D eigenvalue weighted by Crippen LogP contribution is -2.60. The summed E-state index contributed by atoms with van der Waals surface area (Å²) in [5.74, 6) is 2.73. The first kappa shape index (κ1) is 20.0. The summed E-state index contributed by atoms with van der Waals surface area (Å²) in [6.07, 6.45) is 6.69. The Hall–Kier alpha value is -2.64. The lowest BCUT2D eigenvalue weighted by molar-refractivity contribution is 0.0146. The summed E-state index contributed by atoms with van der Waals surface area (Å²) in [7, 11) is 0.